The molecular formula is C18H18OS2. The second-order valence-corrected chi connectivity index (χ2v) is 7.83. The molecule has 108 valence electrons. The summed E-state index contributed by atoms with van der Waals surface area (Å²) in [4.78, 5) is 2.61. The van der Waals surface area contributed by atoms with Gasteiger partial charge in [0.2, 0.25) is 0 Å². The van der Waals surface area contributed by atoms with Gasteiger partial charge in [-0.3, -0.25) is 0 Å². The monoisotopic (exact) mass is 314 g/mol. The maximum atomic E-state index is 10.8. The van der Waals surface area contributed by atoms with Crippen LogP contribution in [0.25, 0.3) is 10.1 Å². The largest absolute Gasteiger partial charge is 0.383 e. The number of aryl methyl sites for hydroxylation is 2. The van der Waals surface area contributed by atoms with Crippen LogP contribution in [-0.4, -0.2) is 5.11 Å². The molecule has 0 spiro atoms. The first-order valence-electron chi connectivity index (χ1n) is 7.58. The van der Waals surface area contributed by atoms with E-state index in [4.69, 9.17) is 0 Å². The summed E-state index contributed by atoms with van der Waals surface area (Å²) in [6, 6.07) is 10.6. The Morgan fingerprint density at radius 1 is 1.05 bits per heavy atom. The van der Waals surface area contributed by atoms with Crippen molar-refractivity contribution < 1.29 is 5.11 Å². The van der Waals surface area contributed by atoms with Gasteiger partial charge in [-0.25, -0.2) is 0 Å². The normalized spacial score (nSPS) is 16.6. The smallest absolute Gasteiger partial charge is 0.115 e. The fourth-order valence-corrected chi connectivity index (χ4v) is 5.41. The summed E-state index contributed by atoms with van der Waals surface area (Å²) in [7, 11) is 0. The van der Waals surface area contributed by atoms with Crippen molar-refractivity contribution in [2.75, 3.05) is 0 Å². The third-order valence-electron chi connectivity index (χ3n) is 4.34. The third-order valence-corrected chi connectivity index (χ3v) is 6.61. The van der Waals surface area contributed by atoms with E-state index >= 15 is 0 Å². The molecule has 0 saturated carbocycles. The summed E-state index contributed by atoms with van der Waals surface area (Å²) in [6.45, 7) is 0. The zero-order chi connectivity index (χ0) is 14.2. The predicted octanol–water partition coefficient (Wildman–Crippen LogP) is 5.31. The second-order valence-electron chi connectivity index (χ2n) is 5.75. The summed E-state index contributed by atoms with van der Waals surface area (Å²) >= 11 is 3.54. The van der Waals surface area contributed by atoms with Crippen LogP contribution in [0.15, 0.2) is 35.7 Å². The molecule has 0 fully saturated rings. The molecule has 1 aliphatic carbocycles. The molecule has 3 heteroatoms. The fourth-order valence-electron chi connectivity index (χ4n) is 3.21. The standard InChI is InChI=1S/C18H18OS2/c19-17(14-7-4-6-12-9-10-20-18(12)14)16-11-13-5-2-1-3-8-15(13)21-16/h4,6-7,9-11,17,19H,1-3,5,8H2. The number of hydrogen-bond donors (Lipinski definition) is 1. The van der Waals surface area contributed by atoms with Crippen LogP contribution in [0.2, 0.25) is 0 Å². The average molecular weight is 314 g/mol. The number of aliphatic hydroxyl groups is 1. The molecular weight excluding hydrogens is 296 g/mol. The lowest BCUT2D eigenvalue weighted by Gasteiger charge is -2.10. The molecule has 0 saturated heterocycles. The fraction of sp³-hybridized carbons (Fsp3) is 0.333. The summed E-state index contributed by atoms with van der Waals surface area (Å²) in [5.74, 6) is 0. The Kier molecular flexibility index (Phi) is 3.57. The van der Waals surface area contributed by atoms with Crippen molar-refractivity contribution in [3.63, 3.8) is 0 Å². The van der Waals surface area contributed by atoms with Crippen LogP contribution in [0, 0.1) is 0 Å². The Hall–Kier alpha value is -1.16. The van der Waals surface area contributed by atoms with Crippen LogP contribution in [0.5, 0.6) is 0 Å². The molecule has 1 atom stereocenters. The number of fused-ring (bicyclic) bond motifs is 2. The number of rotatable bonds is 2. The number of thiophene rings is 2. The van der Waals surface area contributed by atoms with Gasteiger partial charge in [-0.05, 0) is 54.1 Å². The van der Waals surface area contributed by atoms with E-state index in [1.165, 1.54) is 52.6 Å². The van der Waals surface area contributed by atoms with E-state index in [2.05, 4.69) is 29.6 Å². The second kappa shape index (κ2) is 5.56. The molecule has 1 N–H and O–H groups in total. The van der Waals surface area contributed by atoms with Gasteiger partial charge >= 0.3 is 0 Å². The molecule has 1 aromatic carbocycles. The maximum absolute atomic E-state index is 10.8. The van der Waals surface area contributed by atoms with Crippen molar-refractivity contribution in [2.24, 2.45) is 0 Å². The van der Waals surface area contributed by atoms with Crippen LogP contribution < -0.4 is 0 Å². The van der Waals surface area contributed by atoms with Crippen LogP contribution >= 0.6 is 22.7 Å². The van der Waals surface area contributed by atoms with E-state index in [0.29, 0.717) is 0 Å². The molecule has 2 aromatic heterocycles. The van der Waals surface area contributed by atoms with Gasteiger partial charge in [-0.1, -0.05) is 24.6 Å². The molecule has 1 nitrogen and oxygen atoms in total. The zero-order valence-electron chi connectivity index (χ0n) is 11.8. The predicted molar refractivity (Wildman–Crippen MR) is 91.5 cm³/mol. The van der Waals surface area contributed by atoms with Gasteiger partial charge < -0.3 is 5.11 Å². The van der Waals surface area contributed by atoms with Crippen LogP contribution in [0.1, 0.15) is 46.2 Å². The summed E-state index contributed by atoms with van der Waals surface area (Å²) in [5, 5.41) is 14.2. The Morgan fingerprint density at radius 2 is 1.95 bits per heavy atom. The highest BCUT2D eigenvalue weighted by molar-refractivity contribution is 7.17. The number of hydrogen-bond acceptors (Lipinski definition) is 3. The minimum atomic E-state index is -0.482. The lowest BCUT2D eigenvalue weighted by molar-refractivity contribution is 0.226. The quantitative estimate of drug-likeness (QED) is 0.635. The molecule has 21 heavy (non-hydrogen) atoms. The Bertz CT molecular complexity index is 745. The number of benzene rings is 1. The van der Waals surface area contributed by atoms with E-state index in [1.54, 1.807) is 11.3 Å². The van der Waals surface area contributed by atoms with Crippen molar-refractivity contribution in [2.45, 2.75) is 38.2 Å². The molecule has 0 aliphatic heterocycles. The highest BCUT2D eigenvalue weighted by Crippen LogP contribution is 2.38. The van der Waals surface area contributed by atoms with E-state index < -0.39 is 6.10 Å². The molecule has 0 radical (unpaired) electrons. The lowest BCUT2D eigenvalue weighted by Crippen LogP contribution is -1.97. The molecule has 1 unspecified atom stereocenters. The van der Waals surface area contributed by atoms with E-state index in [0.717, 1.165) is 10.4 Å². The van der Waals surface area contributed by atoms with Crippen molar-refractivity contribution in [3.05, 3.63) is 56.6 Å². The van der Waals surface area contributed by atoms with Gasteiger partial charge in [-0.2, -0.15) is 0 Å². The average Bonchev–Trinajstić information content (AvgIpc) is 3.08. The van der Waals surface area contributed by atoms with Gasteiger partial charge in [0.05, 0.1) is 0 Å². The maximum Gasteiger partial charge on any atom is 0.115 e. The molecule has 3 aromatic rings. The third kappa shape index (κ3) is 2.44. The molecule has 4 rings (SSSR count). The van der Waals surface area contributed by atoms with Crippen molar-refractivity contribution in [1.82, 2.24) is 0 Å². The highest BCUT2D eigenvalue weighted by atomic mass is 32.1. The Balaban J connectivity index is 1.74. The molecule has 1 aliphatic rings. The molecule has 0 bridgehead atoms. The summed E-state index contributed by atoms with van der Waals surface area (Å²) < 4.78 is 1.22. The Labute approximate surface area is 132 Å². The van der Waals surface area contributed by atoms with E-state index in [9.17, 15) is 5.11 Å². The van der Waals surface area contributed by atoms with Crippen molar-refractivity contribution >= 4 is 32.8 Å². The zero-order valence-corrected chi connectivity index (χ0v) is 13.5. The minimum absolute atomic E-state index is 0.482. The SMILES string of the molecule is OC(c1cc2c(s1)CCCCC2)c1cccc2ccsc12. The van der Waals surface area contributed by atoms with Crippen LogP contribution in [0.3, 0.4) is 0 Å². The molecule has 0 amide bonds. The molecule has 2 heterocycles. The Morgan fingerprint density at radius 3 is 2.90 bits per heavy atom. The van der Waals surface area contributed by atoms with Crippen LogP contribution in [-0.2, 0) is 12.8 Å². The summed E-state index contributed by atoms with van der Waals surface area (Å²) in [6.07, 6.45) is 5.82. The first-order valence-corrected chi connectivity index (χ1v) is 9.28. The van der Waals surface area contributed by atoms with Gasteiger partial charge in [0.15, 0.2) is 0 Å². The van der Waals surface area contributed by atoms with Crippen molar-refractivity contribution in [3.8, 4) is 0 Å². The topological polar surface area (TPSA) is 20.2 Å². The highest BCUT2D eigenvalue weighted by Gasteiger charge is 2.20. The van der Waals surface area contributed by atoms with Gasteiger partial charge in [0.1, 0.15) is 6.10 Å². The van der Waals surface area contributed by atoms with Gasteiger partial charge in [0.25, 0.3) is 0 Å². The van der Waals surface area contributed by atoms with Gasteiger partial charge in [-0.15, -0.1) is 22.7 Å². The van der Waals surface area contributed by atoms with Crippen LogP contribution in [0.4, 0.5) is 0 Å². The first-order chi connectivity index (χ1) is 10.3. The lowest BCUT2D eigenvalue weighted by atomic mass is 10.0. The van der Waals surface area contributed by atoms with E-state index in [1.807, 2.05) is 17.4 Å². The number of aliphatic hydroxyl groups excluding tert-OH is 1. The van der Waals surface area contributed by atoms with Gasteiger partial charge in [0, 0.05) is 20.0 Å². The van der Waals surface area contributed by atoms with E-state index in [-0.39, 0.29) is 0 Å². The summed E-state index contributed by atoms with van der Waals surface area (Å²) in [5.41, 5.74) is 2.53. The first kappa shape index (κ1) is 13.5. The van der Waals surface area contributed by atoms with Crippen molar-refractivity contribution in [1.29, 1.82) is 0 Å². The minimum Gasteiger partial charge on any atom is -0.383 e.